The van der Waals surface area contributed by atoms with Crippen molar-refractivity contribution in [2.24, 2.45) is 0 Å². The van der Waals surface area contributed by atoms with Gasteiger partial charge >= 0.3 is 0 Å². The van der Waals surface area contributed by atoms with Gasteiger partial charge in [-0.3, -0.25) is 0 Å². The SMILES string of the molecule is CCCCN(C)c1ncnc(Nc2ccc(I)cc2)c1N. The predicted octanol–water partition coefficient (Wildman–Crippen LogP) is 3.64. The molecule has 1 aromatic carbocycles. The van der Waals surface area contributed by atoms with Crippen LogP contribution in [-0.4, -0.2) is 23.6 Å². The third kappa shape index (κ3) is 4.20. The maximum Gasteiger partial charge on any atom is 0.159 e. The second kappa shape index (κ2) is 7.44. The highest BCUT2D eigenvalue weighted by Crippen LogP contribution is 2.28. The average molecular weight is 397 g/mol. The van der Waals surface area contributed by atoms with Crippen LogP contribution in [0.5, 0.6) is 0 Å². The van der Waals surface area contributed by atoms with E-state index >= 15 is 0 Å². The van der Waals surface area contributed by atoms with Crippen LogP contribution in [0.2, 0.25) is 0 Å². The lowest BCUT2D eigenvalue weighted by atomic mass is 10.3. The Morgan fingerprint density at radius 2 is 1.95 bits per heavy atom. The first-order valence-electron chi connectivity index (χ1n) is 6.96. The highest BCUT2D eigenvalue weighted by Gasteiger charge is 2.11. The summed E-state index contributed by atoms with van der Waals surface area (Å²) in [6.07, 6.45) is 3.80. The van der Waals surface area contributed by atoms with E-state index in [1.54, 1.807) is 6.33 Å². The van der Waals surface area contributed by atoms with E-state index in [2.05, 4.69) is 49.7 Å². The molecular weight excluding hydrogens is 377 g/mol. The molecule has 0 saturated heterocycles. The molecule has 0 aliphatic heterocycles. The van der Waals surface area contributed by atoms with Crippen LogP contribution in [0.15, 0.2) is 30.6 Å². The number of hydrogen-bond acceptors (Lipinski definition) is 5. The number of unbranched alkanes of at least 4 members (excludes halogenated alkanes) is 1. The molecule has 0 aliphatic carbocycles. The molecule has 3 N–H and O–H groups in total. The van der Waals surface area contributed by atoms with Crippen molar-refractivity contribution in [2.45, 2.75) is 19.8 Å². The first-order chi connectivity index (χ1) is 10.1. The Morgan fingerprint density at radius 1 is 1.24 bits per heavy atom. The van der Waals surface area contributed by atoms with E-state index in [9.17, 15) is 0 Å². The average Bonchev–Trinajstić information content (AvgIpc) is 2.49. The Kier molecular flexibility index (Phi) is 5.60. The number of aromatic nitrogens is 2. The van der Waals surface area contributed by atoms with E-state index in [4.69, 9.17) is 5.73 Å². The number of nitrogens with zero attached hydrogens (tertiary/aromatic N) is 3. The lowest BCUT2D eigenvalue weighted by Gasteiger charge is -2.20. The van der Waals surface area contributed by atoms with E-state index < -0.39 is 0 Å². The first kappa shape index (κ1) is 15.8. The number of nitrogen functional groups attached to an aromatic ring is 1. The third-order valence-corrected chi connectivity index (χ3v) is 3.90. The van der Waals surface area contributed by atoms with Crippen LogP contribution >= 0.6 is 22.6 Å². The molecule has 0 amide bonds. The molecule has 0 unspecified atom stereocenters. The first-order valence-corrected chi connectivity index (χ1v) is 8.04. The van der Waals surface area contributed by atoms with E-state index in [0.29, 0.717) is 11.5 Å². The molecule has 2 rings (SSSR count). The van der Waals surface area contributed by atoms with Crippen LogP contribution < -0.4 is 16.0 Å². The summed E-state index contributed by atoms with van der Waals surface area (Å²) in [6.45, 7) is 3.10. The van der Waals surface area contributed by atoms with Crippen molar-refractivity contribution in [3.63, 3.8) is 0 Å². The van der Waals surface area contributed by atoms with Gasteiger partial charge in [-0.2, -0.15) is 0 Å². The predicted molar refractivity (Wildman–Crippen MR) is 97.1 cm³/mol. The summed E-state index contributed by atoms with van der Waals surface area (Å²) >= 11 is 2.28. The van der Waals surface area contributed by atoms with E-state index in [1.807, 2.05) is 31.3 Å². The fourth-order valence-electron chi connectivity index (χ4n) is 1.96. The van der Waals surface area contributed by atoms with Gasteiger partial charge in [0.15, 0.2) is 11.6 Å². The van der Waals surface area contributed by atoms with Crippen LogP contribution in [0.3, 0.4) is 0 Å². The zero-order chi connectivity index (χ0) is 15.2. The molecular formula is C15H20IN5. The quantitative estimate of drug-likeness (QED) is 0.729. The number of nitrogens with two attached hydrogens (primary N) is 1. The Labute approximate surface area is 139 Å². The molecule has 5 nitrogen and oxygen atoms in total. The molecule has 0 aliphatic rings. The number of benzene rings is 1. The summed E-state index contributed by atoms with van der Waals surface area (Å²) in [5.74, 6) is 1.41. The lowest BCUT2D eigenvalue weighted by molar-refractivity contribution is 0.759. The topological polar surface area (TPSA) is 67.1 Å². The summed E-state index contributed by atoms with van der Waals surface area (Å²) in [6, 6.07) is 8.08. The summed E-state index contributed by atoms with van der Waals surface area (Å²) < 4.78 is 1.19. The highest BCUT2D eigenvalue weighted by atomic mass is 127. The van der Waals surface area contributed by atoms with Crippen molar-refractivity contribution >= 4 is 45.6 Å². The van der Waals surface area contributed by atoms with Crippen molar-refractivity contribution in [3.05, 3.63) is 34.2 Å². The maximum atomic E-state index is 6.20. The number of halogens is 1. The van der Waals surface area contributed by atoms with Crippen molar-refractivity contribution in [1.29, 1.82) is 0 Å². The van der Waals surface area contributed by atoms with Crippen LogP contribution in [-0.2, 0) is 0 Å². The maximum absolute atomic E-state index is 6.20. The standard InChI is InChI=1S/C15H20IN5/c1-3-4-9-21(2)15-13(17)14(18-10-19-15)20-12-7-5-11(16)6-8-12/h5-8,10H,3-4,9,17H2,1-2H3,(H,18,19,20). The fraction of sp³-hybridized carbons (Fsp3) is 0.333. The van der Waals surface area contributed by atoms with Crippen molar-refractivity contribution < 1.29 is 0 Å². The largest absolute Gasteiger partial charge is 0.393 e. The molecule has 0 fully saturated rings. The molecule has 6 heteroatoms. The Morgan fingerprint density at radius 3 is 2.62 bits per heavy atom. The molecule has 1 aromatic heterocycles. The Hall–Kier alpha value is -1.57. The molecule has 0 atom stereocenters. The van der Waals surface area contributed by atoms with Gasteiger partial charge in [0.05, 0.1) is 0 Å². The van der Waals surface area contributed by atoms with Gasteiger partial charge in [0, 0.05) is 22.8 Å². The van der Waals surface area contributed by atoms with Crippen LogP contribution in [0.4, 0.5) is 23.0 Å². The highest BCUT2D eigenvalue weighted by molar-refractivity contribution is 14.1. The third-order valence-electron chi connectivity index (χ3n) is 3.18. The molecule has 112 valence electrons. The van der Waals surface area contributed by atoms with Crippen molar-refractivity contribution in [2.75, 3.05) is 29.5 Å². The second-order valence-electron chi connectivity index (χ2n) is 4.87. The van der Waals surface area contributed by atoms with E-state index in [1.165, 1.54) is 3.57 Å². The van der Waals surface area contributed by atoms with Crippen molar-refractivity contribution in [3.8, 4) is 0 Å². The lowest BCUT2D eigenvalue weighted by Crippen LogP contribution is -2.21. The van der Waals surface area contributed by atoms with Gasteiger partial charge < -0.3 is 16.0 Å². The Bertz CT molecular complexity index is 585. The van der Waals surface area contributed by atoms with E-state index in [-0.39, 0.29) is 0 Å². The van der Waals surface area contributed by atoms with Crippen LogP contribution in [0.1, 0.15) is 19.8 Å². The van der Waals surface area contributed by atoms with E-state index in [0.717, 1.165) is 30.9 Å². The van der Waals surface area contributed by atoms with Gasteiger partial charge in [0.2, 0.25) is 0 Å². The second-order valence-corrected chi connectivity index (χ2v) is 6.11. The molecule has 0 radical (unpaired) electrons. The summed E-state index contributed by atoms with van der Waals surface area (Å²) in [5, 5.41) is 3.24. The van der Waals surface area contributed by atoms with Gasteiger partial charge in [0.1, 0.15) is 12.0 Å². The molecule has 2 aromatic rings. The number of hydrogen-bond donors (Lipinski definition) is 2. The van der Waals surface area contributed by atoms with Gasteiger partial charge in [0.25, 0.3) is 0 Å². The minimum Gasteiger partial charge on any atom is -0.393 e. The van der Waals surface area contributed by atoms with Gasteiger partial charge in [-0.1, -0.05) is 13.3 Å². The monoisotopic (exact) mass is 397 g/mol. The van der Waals surface area contributed by atoms with Gasteiger partial charge in [-0.25, -0.2) is 9.97 Å². The summed E-state index contributed by atoms with van der Waals surface area (Å²) in [4.78, 5) is 10.6. The van der Waals surface area contributed by atoms with Crippen LogP contribution in [0.25, 0.3) is 0 Å². The van der Waals surface area contributed by atoms with Crippen LogP contribution in [0, 0.1) is 3.57 Å². The number of anilines is 4. The summed E-state index contributed by atoms with van der Waals surface area (Å²) in [5.41, 5.74) is 7.74. The molecule has 0 saturated carbocycles. The van der Waals surface area contributed by atoms with Crippen molar-refractivity contribution in [1.82, 2.24) is 9.97 Å². The number of nitrogens with one attached hydrogen (secondary N) is 1. The normalized spacial score (nSPS) is 10.4. The smallest absolute Gasteiger partial charge is 0.159 e. The number of rotatable bonds is 6. The zero-order valence-electron chi connectivity index (χ0n) is 12.3. The van der Waals surface area contributed by atoms with Gasteiger partial charge in [-0.05, 0) is 53.3 Å². The molecule has 0 bridgehead atoms. The van der Waals surface area contributed by atoms with Gasteiger partial charge in [-0.15, -0.1) is 0 Å². The zero-order valence-corrected chi connectivity index (χ0v) is 14.5. The molecule has 1 heterocycles. The fourth-order valence-corrected chi connectivity index (χ4v) is 2.32. The summed E-state index contributed by atoms with van der Waals surface area (Å²) in [7, 11) is 2.00. The molecule has 0 spiro atoms. The Balaban J connectivity index is 2.19. The minimum atomic E-state index is 0.578. The minimum absolute atomic E-state index is 0.578. The molecule has 21 heavy (non-hydrogen) atoms.